The first-order chi connectivity index (χ1) is 17.3. The molecular formula is C28H27BrN6O. The van der Waals surface area contributed by atoms with Crippen LogP contribution in [0.15, 0.2) is 70.2 Å². The van der Waals surface area contributed by atoms with Crippen LogP contribution in [0.1, 0.15) is 43.0 Å². The summed E-state index contributed by atoms with van der Waals surface area (Å²) in [5.74, 6) is 1.03. The van der Waals surface area contributed by atoms with Crippen LogP contribution in [0.2, 0.25) is 0 Å². The number of H-pyrrole nitrogens is 1. The van der Waals surface area contributed by atoms with E-state index >= 15 is 0 Å². The fraction of sp³-hybridized carbons (Fsp3) is 0.214. The van der Waals surface area contributed by atoms with Crippen LogP contribution in [0.4, 0.5) is 5.95 Å². The van der Waals surface area contributed by atoms with Crippen LogP contribution in [0, 0.1) is 6.92 Å². The van der Waals surface area contributed by atoms with Gasteiger partial charge in [-0.15, -0.1) is 10.2 Å². The summed E-state index contributed by atoms with van der Waals surface area (Å²) in [5.41, 5.74) is 9.75. The molecule has 0 unspecified atom stereocenters. The van der Waals surface area contributed by atoms with Crippen LogP contribution in [0.25, 0.3) is 22.1 Å². The van der Waals surface area contributed by atoms with E-state index in [2.05, 4.69) is 97.7 Å². The molecule has 36 heavy (non-hydrogen) atoms. The minimum atomic E-state index is 0.124. The van der Waals surface area contributed by atoms with E-state index in [0.29, 0.717) is 18.2 Å². The van der Waals surface area contributed by atoms with E-state index in [1.165, 1.54) is 5.56 Å². The maximum Gasteiger partial charge on any atom is 0.265 e. The summed E-state index contributed by atoms with van der Waals surface area (Å²) >= 11 is 3.53. The van der Waals surface area contributed by atoms with E-state index in [0.717, 1.165) is 43.3 Å². The zero-order chi connectivity index (χ0) is 25.3. The molecule has 0 aliphatic rings. The number of halogens is 1. The topological polar surface area (TPSA) is 88.1 Å². The van der Waals surface area contributed by atoms with Gasteiger partial charge in [-0.3, -0.25) is 0 Å². The van der Waals surface area contributed by atoms with Gasteiger partial charge < -0.3 is 9.72 Å². The average Bonchev–Trinajstić information content (AvgIpc) is 3.20. The van der Waals surface area contributed by atoms with Crippen molar-refractivity contribution < 1.29 is 4.74 Å². The molecule has 0 atom stereocenters. The second kappa shape index (κ2) is 9.70. The smallest absolute Gasteiger partial charge is 0.265 e. The summed E-state index contributed by atoms with van der Waals surface area (Å²) in [6.07, 6.45) is 1.69. The van der Waals surface area contributed by atoms with Crippen molar-refractivity contribution in [2.75, 3.05) is 5.43 Å². The minimum Gasteiger partial charge on any atom is -0.488 e. The third-order valence-corrected chi connectivity index (χ3v) is 6.42. The highest BCUT2D eigenvalue weighted by Crippen LogP contribution is 2.26. The van der Waals surface area contributed by atoms with Gasteiger partial charge in [-0.1, -0.05) is 72.6 Å². The van der Waals surface area contributed by atoms with Crippen molar-refractivity contribution in [3.8, 4) is 5.75 Å². The molecule has 0 fully saturated rings. The summed E-state index contributed by atoms with van der Waals surface area (Å²) in [6, 6.07) is 20.5. The van der Waals surface area contributed by atoms with Gasteiger partial charge in [-0.25, -0.2) is 5.43 Å². The molecule has 7 nitrogen and oxygen atoms in total. The Bertz CT molecular complexity index is 1570. The Morgan fingerprint density at radius 1 is 1.03 bits per heavy atom. The summed E-state index contributed by atoms with van der Waals surface area (Å²) in [6.45, 7) is 9.14. The van der Waals surface area contributed by atoms with Gasteiger partial charge in [-0.2, -0.15) is 10.1 Å². The SMILES string of the molecule is Cc1ccc2[nH]c3nc(N/N=C/c4cc(Br)ccc4OCc4ccc(C(C)(C)C)cc4)nnc3c2c1. The molecule has 0 aliphatic carbocycles. The second-order valence-corrected chi connectivity index (χ2v) is 10.7. The van der Waals surface area contributed by atoms with E-state index in [-0.39, 0.29) is 5.41 Å². The standard InChI is InChI=1S/C28H27BrN6O/c1-17-5-11-23-22(13-17)25-26(31-23)32-27(35-33-25)34-30-15-19-14-21(29)10-12-24(19)36-16-18-6-8-20(9-7-18)28(2,3)4/h5-15H,16H2,1-4H3,(H2,31,32,34,35)/b30-15+. The third kappa shape index (κ3) is 5.23. The first-order valence-electron chi connectivity index (χ1n) is 11.7. The van der Waals surface area contributed by atoms with Crippen molar-refractivity contribution in [3.05, 3.63) is 87.4 Å². The number of anilines is 1. The Labute approximate surface area is 218 Å². The van der Waals surface area contributed by atoms with Gasteiger partial charge in [0.1, 0.15) is 17.9 Å². The van der Waals surface area contributed by atoms with Crippen LogP contribution in [0.3, 0.4) is 0 Å². The summed E-state index contributed by atoms with van der Waals surface area (Å²) in [7, 11) is 0. The van der Waals surface area contributed by atoms with Crippen LogP contribution in [-0.2, 0) is 12.0 Å². The molecule has 0 saturated heterocycles. The van der Waals surface area contributed by atoms with Crippen molar-refractivity contribution in [3.63, 3.8) is 0 Å². The molecule has 2 N–H and O–H groups in total. The monoisotopic (exact) mass is 542 g/mol. The van der Waals surface area contributed by atoms with Gasteiger partial charge in [-0.05, 0) is 53.8 Å². The zero-order valence-corrected chi connectivity index (χ0v) is 22.2. The molecule has 3 aromatic carbocycles. The molecule has 0 aliphatic heterocycles. The highest BCUT2D eigenvalue weighted by molar-refractivity contribution is 9.10. The van der Waals surface area contributed by atoms with Gasteiger partial charge in [0, 0.05) is 20.9 Å². The summed E-state index contributed by atoms with van der Waals surface area (Å²) in [5, 5.41) is 13.9. The number of nitrogens with zero attached hydrogens (tertiary/aromatic N) is 4. The summed E-state index contributed by atoms with van der Waals surface area (Å²) < 4.78 is 7.05. The van der Waals surface area contributed by atoms with E-state index in [4.69, 9.17) is 4.74 Å². The number of fused-ring (bicyclic) bond motifs is 3. The lowest BCUT2D eigenvalue weighted by atomic mass is 9.87. The Morgan fingerprint density at radius 2 is 1.83 bits per heavy atom. The van der Waals surface area contributed by atoms with Gasteiger partial charge in [0.2, 0.25) is 0 Å². The van der Waals surface area contributed by atoms with E-state index in [1.807, 2.05) is 37.3 Å². The lowest BCUT2D eigenvalue weighted by Crippen LogP contribution is -2.10. The highest BCUT2D eigenvalue weighted by Gasteiger charge is 2.13. The van der Waals surface area contributed by atoms with Crippen LogP contribution < -0.4 is 10.2 Å². The Balaban J connectivity index is 1.30. The Kier molecular flexibility index (Phi) is 6.45. The number of hydrogen-bond acceptors (Lipinski definition) is 6. The molecular weight excluding hydrogens is 516 g/mol. The molecule has 2 heterocycles. The lowest BCUT2D eigenvalue weighted by molar-refractivity contribution is 0.305. The van der Waals surface area contributed by atoms with Gasteiger partial charge in [0.15, 0.2) is 5.65 Å². The minimum absolute atomic E-state index is 0.124. The van der Waals surface area contributed by atoms with Crippen molar-refractivity contribution >= 4 is 50.2 Å². The van der Waals surface area contributed by atoms with Gasteiger partial charge >= 0.3 is 0 Å². The fourth-order valence-corrected chi connectivity index (χ4v) is 4.28. The predicted octanol–water partition coefficient (Wildman–Crippen LogP) is 6.90. The normalized spacial score (nSPS) is 12.0. The number of aromatic nitrogens is 4. The molecule has 8 heteroatoms. The van der Waals surface area contributed by atoms with Crippen LogP contribution in [0.5, 0.6) is 5.75 Å². The molecule has 0 spiro atoms. The number of benzene rings is 3. The van der Waals surface area contributed by atoms with Gasteiger partial charge in [0.05, 0.1) is 6.21 Å². The maximum absolute atomic E-state index is 6.12. The molecule has 0 radical (unpaired) electrons. The molecule has 5 rings (SSSR count). The quantitative estimate of drug-likeness (QED) is 0.180. The average molecular weight is 543 g/mol. The first kappa shape index (κ1) is 23.9. The third-order valence-electron chi connectivity index (χ3n) is 5.92. The molecule has 2 aromatic heterocycles. The lowest BCUT2D eigenvalue weighted by Gasteiger charge is -2.19. The number of rotatable bonds is 6. The molecule has 0 saturated carbocycles. The number of hydrazone groups is 1. The number of aryl methyl sites for hydroxylation is 1. The van der Waals surface area contributed by atoms with Crippen molar-refractivity contribution in [2.45, 2.75) is 39.7 Å². The van der Waals surface area contributed by atoms with E-state index in [9.17, 15) is 0 Å². The molecule has 0 amide bonds. The number of aromatic amines is 1. The van der Waals surface area contributed by atoms with Crippen molar-refractivity contribution in [1.29, 1.82) is 0 Å². The van der Waals surface area contributed by atoms with Crippen molar-refractivity contribution in [2.24, 2.45) is 5.10 Å². The summed E-state index contributed by atoms with van der Waals surface area (Å²) in [4.78, 5) is 7.80. The molecule has 182 valence electrons. The van der Waals surface area contributed by atoms with E-state index < -0.39 is 0 Å². The fourth-order valence-electron chi connectivity index (χ4n) is 3.91. The van der Waals surface area contributed by atoms with Gasteiger partial charge in [0.25, 0.3) is 5.95 Å². The Morgan fingerprint density at radius 3 is 2.61 bits per heavy atom. The van der Waals surface area contributed by atoms with Crippen molar-refractivity contribution in [1.82, 2.24) is 20.2 Å². The first-order valence-corrected chi connectivity index (χ1v) is 12.5. The second-order valence-electron chi connectivity index (χ2n) is 9.79. The zero-order valence-electron chi connectivity index (χ0n) is 20.6. The maximum atomic E-state index is 6.12. The largest absolute Gasteiger partial charge is 0.488 e. The number of hydrogen-bond donors (Lipinski definition) is 2. The number of nitrogens with one attached hydrogen (secondary N) is 2. The Hall–Kier alpha value is -3.78. The van der Waals surface area contributed by atoms with Crippen LogP contribution >= 0.6 is 15.9 Å². The van der Waals surface area contributed by atoms with Crippen LogP contribution in [-0.4, -0.2) is 26.4 Å². The molecule has 0 bridgehead atoms. The predicted molar refractivity (Wildman–Crippen MR) is 149 cm³/mol. The molecule has 5 aromatic rings. The number of ether oxygens (including phenoxy) is 1. The highest BCUT2D eigenvalue weighted by atomic mass is 79.9. The van der Waals surface area contributed by atoms with E-state index in [1.54, 1.807) is 6.21 Å².